The van der Waals surface area contributed by atoms with Crippen molar-refractivity contribution in [2.24, 2.45) is 0 Å². The highest BCUT2D eigenvalue weighted by Crippen LogP contribution is 2.06. The summed E-state index contributed by atoms with van der Waals surface area (Å²) in [6.45, 7) is 0. The lowest BCUT2D eigenvalue weighted by Gasteiger charge is -2.04. The molecule has 0 spiro atoms. The van der Waals surface area contributed by atoms with Gasteiger partial charge in [-0.3, -0.25) is 9.36 Å². The third kappa shape index (κ3) is 1.68. The van der Waals surface area contributed by atoms with Crippen LogP contribution in [-0.4, -0.2) is 9.55 Å². The van der Waals surface area contributed by atoms with E-state index in [0.29, 0.717) is 5.69 Å². The average molecular weight is 215 g/mol. The van der Waals surface area contributed by atoms with E-state index in [-0.39, 0.29) is 11.5 Å². The molecule has 0 atom stereocenters. The van der Waals surface area contributed by atoms with Gasteiger partial charge in [0.05, 0.1) is 0 Å². The Bertz CT molecular complexity index is 610. The summed E-state index contributed by atoms with van der Waals surface area (Å²) in [5.74, 6) is -0.383. The van der Waals surface area contributed by atoms with Crippen molar-refractivity contribution in [3.05, 3.63) is 58.5 Å². The zero-order chi connectivity index (χ0) is 11.5. The Hall–Kier alpha value is -2.48. The first kappa shape index (κ1) is 10.1. The summed E-state index contributed by atoms with van der Waals surface area (Å²) in [7, 11) is 0. The molecule has 0 amide bonds. The summed E-state index contributed by atoms with van der Waals surface area (Å²) in [6, 6.07) is 7.10. The van der Waals surface area contributed by atoms with Crippen LogP contribution in [0.1, 0.15) is 5.69 Å². The van der Waals surface area contributed by atoms with Gasteiger partial charge in [-0.2, -0.15) is 5.26 Å². The fraction of sp³-hybridized carbons (Fsp3) is 0. The van der Waals surface area contributed by atoms with Crippen molar-refractivity contribution in [2.45, 2.75) is 0 Å². The van der Waals surface area contributed by atoms with Crippen LogP contribution in [0.2, 0.25) is 0 Å². The Morgan fingerprint density at radius 1 is 1.31 bits per heavy atom. The molecule has 0 radical (unpaired) electrons. The predicted molar refractivity (Wildman–Crippen MR) is 54.5 cm³/mol. The number of hydrogen-bond acceptors (Lipinski definition) is 3. The van der Waals surface area contributed by atoms with Gasteiger partial charge in [0.25, 0.3) is 5.56 Å². The molecule has 1 aromatic carbocycles. The quantitative estimate of drug-likeness (QED) is 0.719. The maximum Gasteiger partial charge on any atom is 0.291 e. The highest BCUT2D eigenvalue weighted by molar-refractivity contribution is 5.33. The Morgan fingerprint density at radius 3 is 2.62 bits per heavy atom. The molecular formula is C11H6FN3O. The van der Waals surface area contributed by atoms with Gasteiger partial charge in [0.1, 0.15) is 11.9 Å². The summed E-state index contributed by atoms with van der Waals surface area (Å²) >= 11 is 0. The highest BCUT2D eigenvalue weighted by atomic mass is 19.1. The van der Waals surface area contributed by atoms with Crippen molar-refractivity contribution < 1.29 is 4.39 Å². The third-order valence-electron chi connectivity index (χ3n) is 2.05. The van der Waals surface area contributed by atoms with Crippen molar-refractivity contribution in [1.82, 2.24) is 9.55 Å². The van der Waals surface area contributed by atoms with E-state index in [2.05, 4.69) is 4.98 Å². The molecule has 78 valence electrons. The topological polar surface area (TPSA) is 58.7 Å². The largest absolute Gasteiger partial charge is 0.291 e. The van der Waals surface area contributed by atoms with Gasteiger partial charge in [-0.15, -0.1) is 0 Å². The van der Waals surface area contributed by atoms with Crippen LogP contribution in [0.25, 0.3) is 5.69 Å². The zero-order valence-corrected chi connectivity index (χ0v) is 8.09. The summed E-state index contributed by atoms with van der Waals surface area (Å²) in [6.07, 6.45) is 2.78. The van der Waals surface area contributed by atoms with Gasteiger partial charge in [0.15, 0.2) is 0 Å². The molecule has 0 saturated carbocycles. The molecule has 0 unspecified atom stereocenters. The Morgan fingerprint density at radius 2 is 2.00 bits per heavy atom. The molecule has 5 heteroatoms. The van der Waals surface area contributed by atoms with Gasteiger partial charge in [-0.25, -0.2) is 9.37 Å². The molecule has 0 aliphatic carbocycles. The normalized spacial score (nSPS) is 9.75. The van der Waals surface area contributed by atoms with Crippen LogP contribution in [0.15, 0.2) is 41.5 Å². The van der Waals surface area contributed by atoms with Crippen LogP contribution in [0.5, 0.6) is 0 Å². The van der Waals surface area contributed by atoms with Gasteiger partial charge < -0.3 is 0 Å². The molecule has 16 heavy (non-hydrogen) atoms. The first-order valence-corrected chi connectivity index (χ1v) is 4.46. The lowest BCUT2D eigenvalue weighted by Crippen LogP contribution is -2.21. The number of nitrogens with zero attached hydrogens (tertiary/aromatic N) is 3. The van der Waals surface area contributed by atoms with Crippen molar-refractivity contribution in [1.29, 1.82) is 5.26 Å². The van der Waals surface area contributed by atoms with E-state index in [9.17, 15) is 9.18 Å². The molecule has 0 N–H and O–H groups in total. The van der Waals surface area contributed by atoms with Crippen LogP contribution in [0.4, 0.5) is 4.39 Å². The Kier molecular flexibility index (Phi) is 2.48. The number of rotatable bonds is 1. The van der Waals surface area contributed by atoms with Gasteiger partial charge in [0, 0.05) is 18.1 Å². The van der Waals surface area contributed by atoms with Crippen molar-refractivity contribution in [2.75, 3.05) is 0 Å². The molecule has 0 saturated heterocycles. The smallest absolute Gasteiger partial charge is 0.280 e. The molecule has 1 heterocycles. The molecule has 1 aromatic heterocycles. The van der Waals surface area contributed by atoms with Crippen LogP contribution in [-0.2, 0) is 0 Å². The minimum atomic E-state index is -0.517. The minimum absolute atomic E-state index is 0.188. The van der Waals surface area contributed by atoms with Crippen molar-refractivity contribution in [3.8, 4) is 11.8 Å². The molecule has 0 aliphatic rings. The van der Waals surface area contributed by atoms with Crippen molar-refractivity contribution >= 4 is 0 Å². The van der Waals surface area contributed by atoms with E-state index in [0.717, 1.165) is 0 Å². The van der Waals surface area contributed by atoms with E-state index < -0.39 is 5.56 Å². The molecule has 2 rings (SSSR count). The predicted octanol–water partition coefficient (Wildman–Crippen LogP) is 1.24. The van der Waals surface area contributed by atoms with Crippen LogP contribution in [0.3, 0.4) is 0 Å². The maximum atomic E-state index is 12.7. The van der Waals surface area contributed by atoms with Gasteiger partial charge in [-0.1, -0.05) is 0 Å². The third-order valence-corrected chi connectivity index (χ3v) is 2.05. The molecule has 0 bridgehead atoms. The van der Waals surface area contributed by atoms with E-state index in [1.165, 1.54) is 41.2 Å². The number of benzene rings is 1. The Balaban J connectivity index is 2.62. The molecule has 0 fully saturated rings. The number of nitriles is 1. The summed E-state index contributed by atoms with van der Waals surface area (Å²) < 4.78 is 13.9. The standard InChI is InChI=1S/C11H6FN3O/c12-8-1-3-9(4-2-8)15-6-5-14-10(7-13)11(15)16/h1-6H. The van der Waals surface area contributed by atoms with Crippen LogP contribution < -0.4 is 5.56 Å². The number of halogens is 1. The van der Waals surface area contributed by atoms with E-state index in [4.69, 9.17) is 5.26 Å². The van der Waals surface area contributed by atoms with E-state index >= 15 is 0 Å². The molecular weight excluding hydrogens is 209 g/mol. The molecule has 2 aromatic rings. The molecule has 0 aliphatic heterocycles. The van der Waals surface area contributed by atoms with E-state index in [1.54, 1.807) is 6.07 Å². The fourth-order valence-corrected chi connectivity index (χ4v) is 1.29. The van der Waals surface area contributed by atoms with Crippen LogP contribution >= 0.6 is 0 Å². The highest BCUT2D eigenvalue weighted by Gasteiger charge is 2.05. The summed E-state index contributed by atoms with van der Waals surface area (Å²) in [5.41, 5.74) is -0.214. The van der Waals surface area contributed by atoms with Crippen LogP contribution in [0, 0.1) is 17.1 Å². The monoisotopic (exact) mass is 215 g/mol. The second-order valence-electron chi connectivity index (χ2n) is 3.04. The Labute approximate surface area is 90.2 Å². The van der Waals surface area contributed by atoms with Gasteiger partial charge in [0.2, 0.25) is 5.69 Å². The fourth-order valence-electron chi connectivity index (χ4n) is 1.29. The van der Waals surface area contributed by atoms with Crippen molar-refractivity contribution in [3.63, 3.8) is 0 Å². The first-order chi connectivity index (χ1) is 7.72. The first-order valence-electron chi connectivity index (χ1n) is 4.46. The lowest BCUT2D eigenvalue weighted by atomic mass is 10.3. The molecule has 4 nitrogen and oxygen atoms in total. The summed E-state index contributed by atoms with van der Waals surface area (Å²) in [5, 5.41) is 8.65. The number of hydrogen-bond donors (Lipinski definition) is 0. The SMILES string of the molecule is N#Cc1nccn(-c2ccc(F)cc2)c1=O. The second-order valence-corrected chi connectivity index (χ2v) is 3.04. The van der Waals surface area contributed by atoms with Gasteiger partial charge >= 0.3 is 0 Å². The second kappa shape index (κ2) is 3.95. The summed E-state index contributed by atoms with van der Waals surface area (Å²) in [4.78, 5) is 15.3. The van der Waals surface area contributed by atoms with E-state index in [1.807, 2.05) is 0 Å². The van der Waals surface area contributed by atoms with Gasteiger partial charge in [-0.05, 0) is 24.3 Å². The number of aromatic nitrogens is 2. The lowest BCUT2D eigenvalue weighted by molar-refractivity contribution is 0.627. The minimum Gasteiger partial charge on any atom is -0.280 e. The average Bonchev–Trinajstić information content (AvgIpc) is 2.31. The maximum absolute atomic E-state index is 12.7. The zero-order valence-electron chi connectivity index (χ0n) is 8.09.